The fourth-order valence-corrected chi connectivity index (χ4v) is 1.19. The zero-order valence-electron chi connectivity index (χ0n) is 6.10. The van der Waals surface area contributed by atoms with Crippen molar-refractivity contribution in [2.75, 3.05) is 6.61 Å². The van der Waals surface area contributed by atoms with E-state index in [-0.39, 0.29) is 5.84 Å². The van der Waals surface area contributed by atoms with Crippen LogP contribution in [0.1, 0.15) is 25.7 Å². The summed E-state index contributed by atoms with van der Waals surface area (Å²) in [4.78, 5) is 0. The van der Waals surface area contributed by atoms with Gasteiger partial charge in [-0.1, -0.05) is 0 Å². The molecule has 1 atom stereocenters. The van der Waals surface area contributed by atoms with Gasteiger partial charge in [-0.15, -0.1) is 0 Å². The second-order valence-electron chi connectivity index (χ2n) is 2.70. The summed E-state index contributed by atoms with van der Waals surface area (Å²) in [6.45, 7) is 0.891. The molecule has 0 amide bonds. The molecule has 0 radical (unpaired) electrons. The van der Waals surface area contributed by atoms with Gasteiger partial charge in [0.15, 0.2) is 0 Å². The first-order chi connectivity index (χ1) is 4.79. The normalized spacial score (nSPS) is 25.0. The second-order valence-corrected chi connectivity index (χ2v) is 2.70. The third-order valence-electron chi connectivity index (χ3n) is 1.76. The minimum absolute atomic E-state index is 0.274. The Morgan fingerprint density at radius 2 is 2.50 bits per heavy atom. The quantitative estimate of drug-likeness (QED) is 0.454. The molecule has 0 aromatic heterocycles. The molecule has 0 aliphatic carbocycles. The molecule has 1 aliphatic heterocycles. The van der Waals surface area contributed by atoms with Gasteiger partial charge in [0.25, 0.3) is 0 Å². The zero-order valence-corrected chi connectivity index (χ0v) is 6.10. The maximum atomic E-state index is 6.98. The Hall–Kier alpha value is -0.570. The number of nitrogens with one attached hydrogen (secondary N) is 1. The fourth-order valence-electron chi connectivity index (χ4n) is 1.19. The van der Waals surface area contributed by atoms with Crippen molar-refractivity contribution in [3.05, 3.63) is 0 Å². The van der Waals surface area contributed by atoms with Crippen LogP contribution >= 0.6 is 0 Å². The third kappa shape index (κ3) is 2.35. The van der Waals surface area contributed by atoms with E-state index >= 15 is 0 Å². The monoisotopic (exact) mass is 142 g/mol. The van der Waals surface area contributed by atoms with Crippen molar-refractivity contribution in [3.8, 4) is 0 Å². The van der Waals surface area contributed by atoms with Crippen LogP contribution in [0, 0.1) is 5.41 Å². The minimum Gasteiger partial charge on any atom is -0.388 e. The van der Waals surface area contributed by atoms with Crippen molar-refractivity contribution in [2.24, 2.45) is 5.73 Å². The maximum Gasteiger partial charge on any atom is 0.0906 e. The van der Waals surface area contributed by atoms with Crippen molar-refractivity contribution < 1.29 is 4.74 Å². The fraction of sp³-hybridized carbons (Fsp3) is 0.857. The Balaban J connectivity index is 2.07. The summed E-state index contributed by atoms with van der Waals surface area (Å²) >= 11 is 0. The van der Waals surface area contributed by atoms with Gasteiger partial charge in [-0.2, -0.15) is 0 Å². The molecule has 0 spiro atoms. The summed E-state index contributed by atoms with van der Waals surface area (Å²) in [6, 6.07) is 0. The van der Waals surface area contributed by atoms with Crippen LogP contribution in [-0.4, -0.2) is 18.5 Å². The van der Waals surface area contributed by atoms with Gasteiger partial charge in [-0.05, 0) is 19.3 Å². The molecule has 1 heterocycles. The molecule has 1 unspecified atom stereocenters. The van der Waals surface area contributed by atoms with E-state index in [2.05, 4.69) is 0 Å². The van der Waals surface area contributed by atoms with Crippen LogP contribution in [0.25, 0.3) is 0 Å². The minimum atomic E-state index is 0.274. The second kappa shape index (κ2) is 3.56. The summed E-state index contributed by atoms with van der Waals surface area (Å²) in [5.41, 5.74) is 5.20. The van der Waals surface area contributed by atoms with E-state index in [9.17, 15) is 0 Å². The molecule has 0 saturated carbocycles. The SMILES string of the molecule is N=C(N)CCC1CCCO1. The molecule has 0 aromatic carbocycles. The Labute approximate surface area is 61.1 Å². The molecule has 0 aromatic rings. The van der Waals surface area contributed by atoms with Gasteiger partial charge in [0.2, 0.25) is 0 Å². The molecule has 3 N–H and O–H groups in total. The van der Waals surface area contributed by atoms with Gasteiger partial charge < -0.3 is 10.5 Å². The Kier molecular flexibility index (Phi) is 2.68. The van der Waals surface area contributed by atoms with Crippen LogP contribution < -0.4 is 5.73 Å². The highest BCUT2D eigenvalue weighted by atomic mass is 16.5. The number of amidine groups is 1. The van der Waals surface area contributed by atoms with Gasteiger partial charge in [-0.3, -0.25) is 5.41 Å². The lowest BCUT2D eigenvalue weighted by molar-refractivity contribution is 0.106. The van der Waals surface area contributed by atoms with E-state index < -0.39 is 0 Å². The summed E-state index contributed by atoms with van der Waals surface area (Å²) in [6.07, 6.45) is 4.31. The average Bonchev–Trinajstić information content (AvgIpc) is 2.34. The third-order valence-corrected chi connectivity index (χ3v) is 1.76. The lowest BCUT2D eigenvalue weighted by Crippen LogP contribution is -2.13. The van der Waals surface area contributed by atoms with Crippen LogP contribution in [0.15, 0.2) is 0 Å². The molecular formula is C7H14N2O. The first kappa shape index (κ1) is 7.54. The van der Waals surface area contributed by atoms with Crippen LogP contribution in [0.3, 0.4) is 0 Å². The van der Waals surface area contributed by atoms with Crippen molar-refractivity contribution in [2.45, 2.75) is 31.8 Å². The first-order valence-electron chi connectivity index (χ1n) is 3.73. The van der Waals surface area contributed by atoms with E-state index in [0.717, 1.165) is 19.4 Å². The molecular weight excluding hydrogens is 128 g/mol. The zero-order chi connectivity index (χ0) is 7.40. The Bertz CT molecular complexity index is 119. The number of ether oxygens (including phenoxy) is 1. The van der Waals surface area contributed by atoms with E-state index in [1.54, 1.807) is 0 Å². The molecule has 3 heteroatoms. The van der Waals surface area contributed by atoms with Crippen molar-refractivity contribution in [1.82, 2.24) is 0 Å². The standard InChI is InChI=1S/C7H14N2O/c8-7(9)4-3-6-2-1-5-10-6/h6H,1-5H2,(H3,8,9). The lowest BCUT2D eigenvalue weighted by atomic mass is 10.1. The van der Waals surface area contributed by atoms with Crippen molar-refractivity contribution in [1.29, 1.82) is 5.41 Å². The lowest BCUT2D eigenvalue weighted by Gasteiger charge is -2.06. The highest BCUT2D eigenvalue weighted by Gasteiger charge is 2.14. The van der Waals surface area contributed by atoms with Crippen LogP contribution in [0.5, 0.6) is 0 Å². The summed E-state index contributed by atoms with van der Waals surface area (Å²) in [5.74, 6) is 0.274. The summed E-state index contributed by atoms with van der Waals surface area (Å²) in [5, 5.41) is 6.98. The summed E-state index contributed by atoms with van der Waals surface area (Å²) < 4.78 is 5.35. The van der Waals surface area contributed by atoms with Crippen molar-refractivity contribution in [3.63, 3.8) is 0 Å². The van der Waals surface area contributed by atoms with E-state index in [1.807, 2.05) is 0 Å². The Morgan fingerprint density at radius 1 is 1.70 bits per heavy atom. The number of hydrogen-bond donors (Lipinski definition) is 2. The number of rotatable bonds is 3. The average molecular weight is 142 g/mol. The van der Waals surface area contributed by atoms with Gasteiger partial charge in [-0.25, -0.2) is 0 Å². The van der Waals surface area contributed by atoms with Gasteiger partial charge in [0, 0.05) is 13.0 Å². The van der Waals surface area contributed by atoms with Crippen LogP contribution in [-0.2, 0) is 4.74 Å². The number of hydrogen-bond acceptors (Lipinski definition) is 2. The molecule has 10 heavy (non-hydrogen) atoms. The topological polar surface area (TPSA) is 59.1 Å². The number of nitrogens with two attached hydrogens (primary N) is 1. The Morgan fingerprint density at radius 3 is 3.00 bits per heavy atom. The highest BCUT2D eigenvalue weighted by Crippen LogP contribution is 2.16. The van der Waals surface area contributed by atoms with Gasteiger partial charge in [0.05, 0.1) is 11.9 Å². The smallest absolute Gasteiger partial charge is 0.0906 e. The molecule has 3 nitrogen and oxygen atoms in total. The van der Waals surface area contributed by atoms with E-state index in [1.165, 1.54) is 6.42 Å². The first-order valence-corrected chi connectivity index (χ1v) is 3.73. The van der Waals surface area contributed by atoms with E-state index in [4.69, 9.17) is 15.9 Å². The molecule has 58 valence electrons. The predicted molar refractivity (Wildman–Crippen MR) is 40.1 cm³/mol. The van der Waals surface area contributed by atoms with Crippen molar-refractivity contribution >= 4 is 5.84 Å². The highest BCUT2D eigenvalue weighted by molar-refractivity contribution is 5.76. The maximum absolute atomic E-state index is 6.98. The predicted octanol–water partition coefficient (Wildman–Crippen LogP) is 0.882. The van der Waals surface area contributed by atoms with E-state index in [0.29, 0.717) is 12.5 Å². The van der Waals surface area contributed by atoms with Gasteiger partial charge >= 0.3 is 0 Å². The molecule has 1 aliphatic rings. The molecule has 1 fully saturated rings. The summed E-state index contributed by atoms with van der Waals surface area (Å²) in [7, 11) is 0. The van der Waals surface area contributed by atoms with Crippen LogP contribution in [0.2, 0.25) is 0 Å². The largest absolute Gasteiger partial charge is 0.388 e. The molecule has 1 saturated heterocycles. The van der Waals surface area contributed by atoms with Gasteiger partial charge in [0.1, 0.15) is 0 Å². The molecule has 0 bridgehead atoms. The van der Waals surface area contributed by atoms with Crippen LogP contribution in [0.4, 0.5) is 0 Å². The molecule has 1 rings (SSSR count).